The number of hydrogen-bond donors (Lipinski definition) is 1. The molecule has 1 saturated heterocycles. The normalized spacial score (nSPS) is 21.0. The smallest absolute Gasteiger partial charge is 0.255 e. The van der Waals surface area contributed by atoms with E-state index in [-0.39, 0.29) is 23.0 Å². The lowest BCUT2D eigenvalue weighted by molar-refractivity contribution is -0.0440. The average Bonchev–Trinajstić information content (AvgIpc) is 2.61. The fourth-order valence-electron chi connectivity index (χ4n) is 3.20. The van der Waals surface area contributed by atoms with Crippen molar-refractivity contribution in [2.45, 2.75) is 37.9 Å². The fourth-order valence-corrected chi connectivity index (χ4v) is 4.84. The molecule has 1 N–H and O–H groups in total. The zero-order chi connectivity index (χ0) is 19.6. The number of ether oxygens (including phenoxy) is 1. The predicted octanol–water partition coefficient (Wildman–Crippen LogP) is 3.05. The lowest BCUT2D eigenvalue weighted by atomic mass is 10.2. The number of nitrogens with one attached hydrogen (secondary N) is 1. The third kappa shape index (κ3) is 4.55. The first-order valence-electron chi connectivity index (χ1n) is 8.89. The summed E-state index contributed by atoms with van der Waals surface area (Å²) in [5, 5.41) is 2.80. The molecule has 0 radical (unpaired) electrons. The summed E-state index contributed by atoms with van der Waals surface area (Å²) in [6, 6.07) is 13.6. The molecule has 27 heavy (non-hydrogen) atoms. The summed E-state index contributed by atoms with van der Waals surface area (Å²) >= 11 is 0. The lowest BCUT2D eigenvalue weighted by Crippen LogP contribution is -2.48. The Balaban J connectivity index is 1.83. The largest absolute Gasteiger partial charge is 0.373 e. The molecule has 2 atom stereocenters. The van der Waals surface area contributed by atoms with Crippen LogP contribution in [-0.4, -0.2) is 43.9 Å². The Morgan fingerprint density at radius 1 is 1.07 bits per heavy atom. The Hall–Kier alpha value is -2.22. The summed E-state index contributed by atoms with van der Waals surface area (Å²) in [6.07, 6.45) is -0.340. The van der Waals surface area contributed by atoms with E-state index in [0.717, 1.165) is 5.56 Å². The molecular weight excluding hydrogens is 364 g/mol. The first kappa shape index (κ1) is 19.5. The van der Waals surface area contributed by atoms with E-state index in [1.807, 2.05) is 39.0 Å². The molecule has 1 aliphatic rings. The molecule has 1 amide bonds. The Bertz CT molecular complexity index is 933. The molecule has 0 aromatic heterocycles. The SMILES string of the molecule is Cc1cccc(NC(=O)c2cccc(S(=O)(=O)N3CC(C)OC(C)C3)c2)c1. The van der Waals surface area contributed by atoms with Gasteiger partial charge >= 0.3 is 0 Å². The lowest BCUT2D eigenvalue weighted by Gasteiger charge is -2.34. The molecule has 1 fully saturated rings. The second-order valence-corrected chi connectivity index (χ2v) is 8.87. The highest BCUT2D eigenvalue weighted by molar-refractivity contribution is 7.89. The Morgan fingerprint density at radius 3 is 2.41 bits per heavy atom. The molecule has 0 aliphatic carbocycles. The van der Waals surface area contributed by atoms with E-state index in [2.05, 4.69) is 5.32 Å². The number of carbonyl (C=O) groups is 1. The maximum atomic E-state index is 13.0. The summed E-state index contributed by atoms with van der Waals surface area (Å²) < 4.78 is 33.0. The van der Waals surface area contributed by atoms with Crippen LogP contribution in [0.15, 0.2) is 53.4 Å². The van der Waals surface area contributed by atoms with E-state index in [1.165, 1.54) is 16.4 Å². The highest BCUT2D eigenvalue weighted by Gasteiger charge is 2.32. The molecule has 0 spiro atoms. The van der Waals surface area contributed by atoms with Crippen LogP contribution in [0.2, 0.25) is 0 Å². The van der Waals surface area contributed by atoms with Gasteiger partial charge in [-0.3, -0.25) is 4.79 Å². The minimum atomic E-state index is -3.69. The number of carbonyl (C=O) groups excluding carboxylic acids is 1. The van der Waals surface area contributed by atoms with Gasteiger partial charge in [0.1, 0.15) is 0 Å². The summed E-state index contributed by atoms with van der Waals surface area (Å²) in [4.78, 5) is 12.7. The van der Waals surface area contributed by atoms with Crippen molar-refractivity contribution in [3.05, 3.63) is 59.7 Å². The number of nitrogens with zero attached hydrogens (tertiary/aromatic N) is 1. The van der Waals surface area contributed by atoms with Crippen LogP contribution in [0.3, 0.4) is 0 Å². The maximum absolute atomic E-state index is 13.0. The molecule has 144 valence electrons. The van der Waals surface area contributed by atoms with Crippen LogP contribution in [0, 0.1) is 6.92 Å². The molecule has 3 rings (SSSR count). The Morgan fingerprint density at radius 2 is 1.74 bits per heavy atom. The molecule has 2 aromatic rings. The van der Waals surface area contributed by atoms with Gasteiger partial charge in [-0.2, -0.15) is 4.31 Å². The number of benzene rings is 2. The van der Waals surface area contributed by atoms with Crippen molar-refractivity contribution >= 4 is 21.6 Å². The van der Waals surface area contributed by atoms with E-state index in [1.54, 1.807) is 18.2 Å². The Kier molecular flexibility index (Phi) is 5.64. The van der Waals surface area contributed by atoms with Crippen molar-refractivity contribution in [3.63, 3.8) is 0 Å². The topological polar surface area (TPSA) is 75.7 Å². The zero-order valence-corrected chi connectivity index (χ0v) is 16.5. The number of rotatable bonds is 4. The number of hydrogen-bond acceptors (Lipinski definition) is 4. The van der Waals surface area contributed by atoms with Crippen LogP contribution in [0.4, 0.5) is 5.69 Å². The molecule has 2 unspecified atom stereocenters. The monoisotopic (exact) mass is 388 g/mol. The van der Waals surface area contributed by atoms with Crippen molar-refractivity contribution in [2.75, 3.05) is 18.4 Å². The second-order valence-electron chi connectivity index (χ2n) is 6.93. The zero-order valence-electron chi connectivity index (χ0n) is 15.7. The number of sulfonamides is 1. The Labute approximate surface area is 160 Å². The molecule has 1 heterocycles. The number of morpholine rings is 1. The summed E-state index contributed by atoms with van der Waals surface area (Å²) in [6.45, 7) is 6.24. The highest BCUT2D eigenvalue weighted by atomic mass is 32.2. The molecule has 0 saturated carbocycles. The van der Waals surface area contributed by atoms with E-state index in [0.29, 0.717) is 24.3 Å². The van der Waals surface area contributed by atoms with Crippen LogP contribution in [0.1, 0.15) is 29.8 Å². The van der Waals surface area contributed by atoms with Gasteiger partial charge in [0, 0.05) is 24.3 Å². The van der Waals surface area contributed by atoms with E-state index in [4.69, 9.17) is 4.74 Å². The van der Waals surface area contributed by atoms with Gasteiger partial charge in [-0.1, -0.05) is 18.2 Å². The number of anilines is 1. The van der Waals surface area contributed by atoms with Gasteiger partial charge in [0.25, 0.3) is 5.91 Å². The molecule has 2 aromatic carbocycles. The van der Waals surface area contributed by atoms with Crippen molar-refractivity contribution in [1.29, 1.82) is 0 Å². The summed E-state index contributed by atoms with van der Waals surface area (Å²) in [5.74, 6) is -0.346. The van der Waals surface area contributed by atoms with E-state index in [9.17, 15) is 13.2 Å². The quantitative estimate of drug-likeness (QED) is 0.873. The third-order valence-electron chi connectivity index (χ3n) is 4.40. The van der Waals surface area contributed by atoms with Gasteiger partial charge in [0.05, 0.1) is 17.1 Å². The van der Waals surface area contributed by atoms with Crippen LogP contribution >= 0.6 is 0 Å². The molecular formula is C20H24N2O4S. The van der Waals surface area contributed by atoms with Gasteiger partial charge in [-0.15, -0.1) is 0 Å². The van der Waals surface area contributed by atoms with Gasteiger partial charge in [0.2, 0.25) is 10.0 Å². The van der Waals surface area contributed by atoms with Crippen LogP contribution in [0.25, 0.3) is 0 Å². The van der Waals surface area contributed by atoms with Crippen molar-refractivity contribution in [3.8, 4) is 0 Å². The van der Waals surface area contributed by atoms with Crippen LogP contribution in [-0.2, 0) is 14.8 Å². The molecule has 7 heteroatoms. The van der Waals surface area contributed by atoms with Gasteiger partial charge in [0.15, 0.2) is 0 Å². The fraction of sp³-hybridized carbons (Fsp3) is 0.350. The highest BCUT2D eigenvalue weighted by Crippen LogP contribution is 2.22. The first-order valence-corrected chi connectivity index (χ1v) is 10.3. The van der Waals surface area contributed by atoms with E-state index < -0.39 is 10.0 Å². The minimum Gasteiger partial charge on any atom is -0.373 e. The standard InChI is InChI=1S/C20H24N2O4S/c1-14-6-4-8-18(10-14)21-20(23)17-7-5-9-19(11-17)27(24,25)22-12-15(2)26-16(3)13-22/h4-11,15-16H,12-13H2,1-3H3,(H,21,23). The second kappa shape index (κ2) is 7.80. The van der Waals surface area contributed by atoms with Crippen molar-refractivity contribution in [2.24, 2.45) is 0 Å². The van der Waals surface area contributed by atoms with Crippen LogP contribution in [0.5, 0.6) is 0 Å². The van der Waals surface area contributed by atoms with Gasteiger partial charge in [-0.25, -0.2) is 8.42 Å². The summed E-state index contributed by atoms with van der Waals surface area (Å²) in [5.41, 5.74) is 2.00. The van der Waals surface area contributed by atoms with Crippen molar-refractivity contribution < 1.29 is 17.9 Å². The molecule has 1 aliphatic heterocycles. The molecule has 6 nitrogen and oxygen atoms in total. The maximum Gasteiger partial charge on any atom is 0.255 e. The number of aryl methyl sites for hydroxylation is 1. The van der Waals surface area contributed by atoms with Gasteiger partial charge < -0.3 is 10.1 Å². The van der Waals surface area contributed by atoms with E-state index >= 15 is 0 Å². The first-order chi connectivity index (χ1) is 12.8. The number of amides is 1. The third-order valence-corrected chi connectivity index (χ3v) is 6.22. The van der Waals surface area contributed by atoms with Crippen LogP contribution < -0.4 is 5.32 Å². The summed E-state index contributed by atoms with van der Waals surface area (Å²) in [7, 11) is -3.69. The average molecular weight is 388 g/mol. The van der Waals surface area contributed by atoms with Gasteiger partial charge in [-0.05, 0) is 56.7 Å². The predicted molar refractivity (Wildman–Crippen MR) is 104 cm³/mol. The molecule has 0 bridgehead atoms. The van der Waals surface area contributed by atoms with Crippen molar-refractivity contribution in [1.82, 2.24) is 4.31 Å². The minimum absolute atomic E-state index is 0.112.